The summed E-state index contributed by atoms with van der Waals surface area (Å²) >= 11 is 0. The molecule has 0 saturated heterocycles. The molecule has 0 bridgehead atoms. The van der Waals surface area contributed by atoms with Gasteiger partial charge in [-0.25, -0.2) is 9.69 Å². The summed E-state index contributed by atoms with van der Waals surface area (Å²) in [6.45, 7) is 10.9. The smallest absolute Gasteiger partial charge is 0.417 e. The first kappa shape index (κ1) is 12.5. The zero-order valence-electron chi connectivity index (χ0n) is 10.2. The van der Waals surface area contributed by atoms with Crippen LogP contribution in [-0.4, -0.2) is 29.0 Å². The van der Waals surface area contributed by atoms with E-state index < -0.39 is 11.7 Å². The highest BCUT2D eigenvalue weighted by Crippen LogP contribution is 2.21. The zero-order valence-corrected chi connectivity index (χ0v) is 10.2. The Morgan fingerprint density at radius 3 is 2.44 bits per heavy atom. The fourth-order valence-corrected chi connectivity index (χ4v) is 1.45. The number of amides is 2. The van der Waals surface area contributed by atoms with Crippen LogP contribution in [0.4, 0.5) is 4.79 Å². The molecule has 0 aliphatic carbocycles. The van der Waals surface area contributed by atoms with E-state index in [-0.39, 0.29) is 12.5 Å². The van der Waals surface area contributed by atoms with Crippen LogP contribution >= 0.6 is 0 Å². The molecule has 88 valence electrons. The van der Waals surface area contributed by atoms with E-state index in [0.29, 0.717) is 5.57 Å². The third-order valence-electron chi connectivity index (χ3n) is 2.15. The van der Waals surface area contributed by atoms with Crippen molar-refractivity contribution >= 4 is 12.0 Å². The molecule has 0 aromatic rings. The molecule has 0 unspecified atom stereocenters. The van der Waals surface area contributed by atoms with Gasteiger partial charge in [0.05, 0.1) is 6.54 Å². The molecular weight excluding hydrogens is 206 g/mol. The Kier molecular flexibility index (Phi) is 3.21. The average Bonchev–Trinajstić information content (AvgIpc) is 2.38. The number of carbonyl (C=O) groups excluding carboxylic acids is 2. The molecule has 0 atom stereocenters. The van der Waals surface area contributed by atoms with Gasteiger partial charge in [0.25, 0.3) is 5.91 Å². The second kappa shape index (κ2) is 4.12. The largest absolute Gasteiger partial charge is 0.443 e. The Morgan fingerprint density at radius 1 is 1.50 bits per heavy atom. The van der Waals surface area contributed by atoms with E-state index in [2.05, 4.69) is 6.58 Å². The number of ether oxygens (including phenoxy) is 1. The van der Waals surface area contributed by atoms with Crippen molar-refractivity contribution in [2.75, 3.05) is 6.54 Å². The van der Waals surface area contributed by atoms with Crippen LogP contribution in [0.2, 0.25) is 0 Å². The summed E-state index contributed by atoms with van der Waals surface area (Å²) in [5.41, 5.74) is 0.735. The molecule has 4 heteroatoms. The normalized spacial score (nSPS) is 16.8. The van der Waals surface area contributed by atoms with Crippen LogP contribution in [0, 0.1) is 0 Å². The van der Waals surface area contributed by atoms with Gasteiger partial charge in [-0.3, -0.25) is 4.79 Å². The van der Waals surface area contributed by atoms with Crippen LogP contribution in [0.15, 0.2) is 23.8 Å². The molecule has 0 N–H and O–H groups in total. The lowest BCUT2D eigenvalue weighted by atomic mass is 10.2. The Hall–Kier alpha value is -1.58. The summed E-state index contributed by atoms with van der Waals surface area (Å²) in [7, 11) is 0. The van der Waals surface area contributed by atoms with Crippen LogP contribution in [0.5, 0.6) is 0 Å². The van der Waals surface area contributed by atoms with Crippen molar-refractivity contribution in [3.63, 3.8) is 0 Å². The molecule has 0 saturated carbocycles. The van der Waals surface area contributed by atoms with Crippen molar-refractivity contribution < 1.29 is 14.3 Å². The second-order valence-corrected chi connectivity index (χ2v) is 4.77. The van der Waals surface area contributed by atoms with E-state index in [9.17, 15) is 9.59 Å². The predicted octanol–water partition coefficient (Wildman–Crippen LogP) is 2.27. The molecular formula is C12H17NO3. The molecule has 0 aromatic heterocycles. The Labute approximate surface area is 95.6 Å². The third-order valence-corrected chi connectivity index (χ3v) is 2.15. The van der Waals surface area contributed by atoms with E-state index >= 15 is 0 Å². The SMILES string of the molecule is C=CC1=C(C)CN(C(=O)OC(C)(C)C)C1=O. The lowest BCUT2D eigenvalue weighted by Gasteiger charge is -2.23. The number of imide groups is 1. The Morgan fingerprint density at radius 2 is 2.06 bits per heavy atom. The fourth-order valence-electron chi connectivity index (χ4n) is 1.45. The zero-order chi connectivity index (χ0) is 12.5. The minimum Gasteiger partial charge on any atom is -0.443 e. The number of hydrogen-bond donors (Lipinski definition) is 0. The van der Waals surface area contributed by atoms with E-state index in [0.717, 1.165) is 10.5 Å². The summed E-state index contributed by atoms with van der Waals surface area (Å²) in [4.78, 5) is 24.6. The quantitative estimate of drug-likeness (QED) is 0.685. The summed E-state index contributed by atoms with van der Waals surface area (Å²) in [6.07, 6.45) is 0.871. The van der Waals surface area contributed by atoms with Gasteiger partial charge in [-0.05, 0) is 33.3 Å². The molecule has 16 heavy (non-hydrogen) atoms. The topological polar surface area (TPSA) is 46.6 Å². The van der Waals surface area contributed by atoms with Gasteiger partial charge in [0.15, 0.2) is 0 Å². The first-order chi connectivity index (χ1) is 7.26. The lowest BCUT2D eigenvalue weighted by molar-refractivity contribution is -0.124. The van der Waals surface area contributed by atoms with Crippen LogP contribution in [0.3, 0.4) is 0 Å². The van der Waals surface area contributed by atoms with Gasteiger partial charge in [0, 0.05) is 5.57 Å². The Balaban J connectivity index is 2.78. The summed E-state index contributed by atoms with van der Waals surface area (Å²) in [5, 5.41) is 0. The number of nitrogens with zero attached hydrogens (tertiary/aromatic N) is 1. The number of carbonyl (C=O) groups is 2. The van der Waals surface area contributed by atoms with Crippen molar-refractivity contribution in [3.05, 3.63) is 23.8 Å². The molecule has 0 aromatic carbocycles. The monoisotopic (exact) mass is 223 g/mol. The van der Waals surface area contributed by atoms with Crippen molar-refractivity contribution in [3.8, 4) is 0 Å². The summed E-state index contributed by atoms with van der Waals surface area (Å²) in [6, 6.07) is 0. The summed E-state index contributed by atoms with van der Waals surface area (Å²) < 4.78 is 5.14. The Bertz CT molecular complexity index is 374. The molecule has 1 aliphatic heterocycles. The van der Waals surface area contributed by atoms with Gasteiger partial charge in [0.2, 0.25) is 0 Å². The maximum absolute atomic E-state index is 11.8. The number of rotatable bonds is 1. The summed E-state index contributed by atoms with van der Waals surface area (Å²) in [5.74, 6) is -0.332. The first-order valence-corrected chi connectivity index (χ1v) is 5.13. The molecule has 1 rings (SSSR count). The van der Waals surface area contributed by atoms with Crippen molar-refractivity contribution in [2.24, 2.45) is 0 Å². The number of hydrogen-bond acceptors (Lipinski definition) is 3. The molecule has 2 amide bonds. The minimum atomic E-state index is -0.603. The van der Waals surface area contributed by atoms with Gasteiger partial charge in [-0.1, -0.05) is 12.7 Å². The van der Waals surface area contributed by atoms with E-state index in [4.69, 9.17) is 4.74 Å². The van der Waals surface area contributed by atoms with Gasteiger partial charge in [0.1, 0.15) is 5.60 Å². The molecule has 0 spiro atoms. The highest BCUT2D eigenvalue weighted by molar-refractivity contribution is 6.07. The molecule has 4 nitrogen and oxygen atoms in total. The van der Waals surface area contributed by atoms with Crippen molar-refractivity contribution in [1.82, 2.24) is 4.90 Å². The van der Waals surface area contributed by atoms with Gasteiger partial charge >= 0.3 is 6.09 Å². The maximum Gasteiger partial charge on any atom is 0.417 e. The van der Waals surface area contributed by atoms with Crippen LogP contribution in [0.25, 0.3) is 0 Å². The highest BCUT2D eigenvalue weighted by Gasteiger charge is 2.33. The van der Waals surface area contributed by atoms with Crippen LogP contribution < -0.4 is 0 Å². The van der Waals surface area contributed by atoms with Crippen molar-refractivity contribution in [2.45, 2.75) is 33.3 Å². The molecule has 0 radical (unpaired) electrons. The van der Waals surface area contributed by atoms with Gasteiger partial charge in [-0.15, -0.1) is 0 Å². The lowest BCUT2D eigenvalue weighted by Crippen LogP contribution is -2.38. The second-order valence-electron chi connectivity index (χ2n) is 4.77. The molecule has 1 heterocycles. The highest BCUT2D eigenvalue weighted by atomic mass is 16.6. The maximum atomic E-state index is 11.8. The standard InChI is InChI=1S/C12H17NO3/c1-6-9-8(2)7-13(10(9)14)11(15)16-12(3,4)5/h6H,1,7H2,2-5H3. The van der Waals surface area contributed by atoms with Crippen LogP contribution in [0.1, 0.15) is 27.7 Å². The minimum absolute atomic E-state index is 0.287. The fraction of sp³-hybridized carbons (Fsp3) is 0.500. The van der Waals surface area contributed by atoms with Gasteiger partial charge < -0.3 is 4.74 Å². The van der Waals surface area contributed by atoms with E-state index in [1.165, 1.54) is 6.08 Å². The van der Waals surface area contributed by atoms with E-state index in [1.54, 1.807) is 27.7 Å². The third kappa shape index (κ3) is 2.51. The van der Waals surface area contributed by atoms with Crippen molar-refractivity contribution in [1.29, 1.82) is 0 Å². The van der Waals surface area contributed by atoms with E-state index in [1.807, 2.05) is 0 Å². The van der Waals surface area contributed by atoms with Crippen LogP contribution in [-0.2, 0) is 9.53 Å². The average molecular weight is 223 g/mol. The predicted molar refractivity (Wildman–Crippen MR) is 60.8 cm³/mol. The molecule has 1 aliphatic rings. The molecule has 0 fully saturated rings. The van der Waals surface area contributed by atoms with Gasteiger partial charge in [-0.2, -0.15) is 0 Å². The first-order valence-electron chi connectivity index (χ1n) is 5.13.